The number of nitrogens with one attached hydrogen (secondary N) is 4. The molecule has 13 heteroatoms. The van der Waals surface area contributed by atoms with E-state index in [-0.39, 0.29) is 0 Å². The van der Waals surface area contributed by atoms with Crippen LogP contribution < -0.4 is 21.3 Å². The number of hydrogen-bond acceptors (Lipinski definition) is 13. The summed E-state index contributed by atoms with van der Waals surface area (Å²) in [7, 11) is 0. The summed E-state index contributed by atoms with van der Waals surface area (Å²) in [5.41, 5.74) is 5.75. The molecule has 0 spiro atoms. The zero-order chi connectivity index (χ0) is 33.2. The van der Waals surface area contributed by atoms with Gasteiger partial charge in [0, 0.05) is 48.8 Å². The minimum Gasteiger partial charge on any atom is -0.354 e. The quantitative estimate of drug-likeness (QED) is 0.171. The van der Waals surface area contributed by atoms with Gasteiger partial charge in [0.1, 0.15) is 23.3 Å². The van der Waals surface area contributed by atoms with Crippen LogP contribution in [-0.2, 0) is 6.42 Å². The topological polar surface area (TPSA) is 160 Å². The maximum Gasteiger partial charge on any atom is 0.223 e. The Bertz CT molecular complexity index is 1780. The Morgan fingerprint density at radius 1 is 0.851 bits per heavy atom. The molecule has 0 atom stereocenters. The van der Waals surface area contributed by atoms with Gasteiger partial charge in [0.05, 0.1) is 21.4 Å². The number of nitrogens with zero attached hydrogens (tertiary/aromatic N) is 7. The zero-order valence-electron chi connectivity index (χ0n) is 26.8. The maximum atomic E-state index is 9.61. The monoisotopic (exact) mass is 663 g/mol. The van der Waals surface area contributed by atoms with Crippen LogP contribution in [0.4, 0.5) is 11.9 Å². The average Bonchev–Trinajstić information content (AvgIpc) is 3.52. The number of allylic oxidation sites excluding steroid dienone is 4. The molecule has 1 fully saturated rings. The molecule has 3 aromatic heterocycles. The first-order valence-electron chi connectivity index (χ1n) is 15.5. The Balaban J connectivity index is 0.000000189. The fourth-order valence-electron chi connectivity index (χ4n) is 4.30. The van der Waals surface area contributed by atoms with Crippen LogP contribution in [0.1, 0.15) is 57.5 Å². The lowest BCUT2D eigenvalue weighted by molar-refractivity contribution is 0.719. The Kier molecular flexibility index (Phi) is 11.5. The standard InChI is InChI=1S/C19H20N6S.C15H17N5S/c1-13(2)17-12-26-18(24-17)15(10-20)16-6-9-23-19(25-16)22-8-5-14-4-3-7-21-11-14;1-9(2)13-8-21-14(19-13)11(7-16)12-5-6-17-15(20-12)18-10-3-4-10/h3-4,6-7,9,11-13,24H,5,8H2,1-2H3,(H,22,23,25);5-6,8-10,19H,3-4H2,1-2H3,(H,17,18,20). The molecular weight excluding hydrogens is 627 g/mol. The molecule has 4 N–H and O–H groups in total. The van der Waals surface area contributed by atoms with Crippen LogP contribution in [-0.4, -0.2) is 37.5 Å². The van der Waals surface area contributed by atoms with E-state index in [0.29, 0.717) is 58.9 Å². The van der Waals surface area contributed by atoms with Crippen molar-refractivity contribution in [3.63, 3.8) is 0 Å². The van der Waals surface area contributed by atoms with Gasteiger partial charge in [-0.3, -0.25) is 4.98 Å². The summed E-state index contributed by atoms with van der Waals surface area (Å²) in [5, 5.41) is 38.0. The summed E-state index contributed by atoms with van der Waals surface area (Å²) < 4.78 is 0. The number of aromatic nitrogens is 5. The van der Waals surface area contributed by atoms with Gasteiger partial charge in [0.2, 0.25) is 11.9 Å². The second-order valence-electron chi connectivity index (χ2n) is 11.6. The molecule has 6 rings (SSSR count). The number of hydrogen-bond donors (Lipinski definition) is 4. The van der Waals surface area contributed by atoms with Gasteiger partial charge in [-0.2, -0.15) is 10.5 Å². The highest BCUT2D eigenvalue weighted by Gasteiger charge is 2.23. The lowest BCUT2D eigenvalue weighted by Gasteiger charge is -2.10. The Morgan fingerprint density at radius 3 is 1.91 bits per heavy atom. The Morgan fingerprint density at radius 2 is 1.43 bits per heavy atom. The van der Waals surface area contributed by atoms with Crippen molar-refractivity contribution in [3.8, 4) is 12.1 Å². The first kappa shape index (κ1) is 33.5. The molecule has 0 saturated heterocycles. The third kappa shape index (κ3) is 9.35. The third-order valence-corrected chi connectivity index (χ3v) is 9.03. The van der Waals surface area contributed by atoms with Crippen molar-refractivity contribution < 1.29 is 0 Å². The zero-order valence-corrected chi connectivity index (χ0v) is 28.4. The lowest BCUT2D eigenvalue weighted by atomic mass is 10.1. The Labute approximate surface area is 284 Å². The van der Waals surface area contributed by atoms with Crippen LogP contribution in [0.3, 0.4) is 0 Å². The molecular formula is C34H37N11S2. The number of rotatable bonds is 10. The lowest BCUT2D eigenvalue weighted by Crippen LogP contribution is -2.12. The van der Waals surface area contributed by atoms with E-state index in [4.69, 9.17) is 0 Å². The highest BCUT2D eigenvalue weighted by atomic mass is 32.2. The molecule has 240 valence electrons. The van der Waals surface area contributed by atoms with Gasteiger partial charge in [-0.15, -0.1) is 0 Å². The predicted molar refractivity (Wildman–Crippen MR) is 190 cm³/mol. The maximum absolute atomic E-state index is 9.61. The van der Waals surface area contributed by atoms with Gasteiger partial charge >= 0.3 is 0 Å². The van der Waals surface area contributed by atoms with Gasteiger partial charge < -0.3 is 21.3 Å². The molecule has 0 amide bonds. The van der Waals surface area contributed by atoms with Gasteiger partial charge in [0.25, 0.3) is 0 Å². The van der Waals surface area contributed by atoms with Crippen molar-refractivity contribution >= 4 is 46.6 Å². The second kappa shape index (κ2) is 16.1. The molecule has 2 aliphatic heterocycles. The molecule has 1 aliphatic carbocycles. The van der Waals surface area contributed by atoms with Crippen molar-refractivity contribution in [2.45, 2.75) is 53.0 Å². The van der Waals surface area contributed by atoms with E-state index < -0.39 is 0 Å². The number of anilines is 2. The van der Waals surface area contributed by atoms with E-state index in [9.17, 15) is 10.5 Å². The number of pyridine rings is 1. The largest absolute Gasteiger partial charge is 0.354 e. The number of thioether (sulfide) groups is 2. The highest BCUT2D eigenvalue weighted by Crippen LogP contribution is 2.34. The van der Waals surface area contributed by atoms with Crippen LogP contribution in [0.2, 0.25) is 0 Å². The summed E-state index contributed by atoms with van der Waals surface area (Å²) in [6, 6.07) is 12.5. The fraction of sp³-hybridized carbons (Fsp3) is 0.324. The molecule has 0 unspecified atom stereocenters. The fourth-order valence-corrected chi connectivity index (χ4v) is 6.34. The van der Waals surface area contributed by atoms with E-state index in [2.05, 4.69) is 91.4 Å². The molecule has 0 radical (unpaired) electrons. The molecule has 47 heavy (non-hydrogen) atoms. The first-order valence-corrected chi connectivity index (χ1v) is 17.2. The molecule has 0 bridgehead atoms. The molecule has 3 aliphatic rings. The van der Waals surface area contributed by atoms with Crippen LogP contribution >= 0.6 is 23.5 Å². The van der Waals surface area contributed by atoms with Crippen LogP contribution in [0, 0.1) is 34.5 Å². The summed E-state index contributed by atoms with van der Waals surface area (Å²) in [6.45, 7) is 9.17. The highest BCUT2D eigenvalue weighted by molar-refractivity contribution is 8.06. The van der Waals surface area contributed by atoms with Crippen molar-refractivity contribution in [1.82, 2.24) is 35.6 Å². The van der Waals surface area contributed by atoms with E-state index in [1.165, 1.54) is 24.6 Å². The minimum atomic E-state index is 0.384. The molecule has 0 aromatic carbocycles. The van der Waals surface area contributed by atoms with Gasteiger partial charge in [-0.1, -0.05) is 57.3 Å². The molecule has 11 nitrogen and oxygen atoms in total. The first-order chi connectivity index (χ1) is 22.8. The number of nitriles is 2. The average molecular weight is 664 g/mol. The van der Waals surface area contributed by atoms with E-state index in [1.54, 1.807) is 42.5 Å². The molecule has 5 heterocycles. The summed E-state index contributed by atoms with van der Waals surface area (Å²) >= 11 is 3.07. The van der Waals surface area contributed by atoms with E-state index in [0.717, 1.165) is 33.4 Å². The van der Waals surface area contributed by atoms with E-state index in [1.807, 2.05) is 23.7 Å². The molecule has 3 aromatic rings. The Hall–Kier alpha value is -4.85. The summed E-state index contributed by atoms with van der Waals surface area (Å²) in [4.78, 5) is 21.5. The van der Waals surface area contributed by atoms with Crippen molar-refractivity contribution in [2.75, 3.05) is 17.2 Å². The van der Waals surface area contributed by atoms with Crippen LogP contribution in [0.5, 0.6) is 0 Å². The van der Waals surface area contributed by atoms with Crippen molar-refractivity contribution in [2.24, 2.45) is 11.8 Å². The summed E-state index contributed by atoms with van der Waals surface area (Å²) in [5.74, 6) is 1.91. The van der Waals surface area contributed by atoms with Crippen molar-refractivity contribution in [3.05, 3.63) is 98.3 Å². The van der Waals surface area contributed by atoms with Crippen LogP contribution in [0.15, 0.2) is 81.3 Å². The third-order valence-electron chi connectivity index (χ3n) is 7.20. The predicted octanol–water partition coefficient (Wildman–Crippen LogP) is 6.63. The smallest absolute Gasteiger partial charge is 0.223 e. The van der Waals surface area contributed by atoms with Gasteiger partial charge in [0.15, 0.2) is 0 Å². The summed E-state index contributed by atoms with van der Waals surface area (Å²) in [6.07, 6.45) is 10.1. The van der Waals surface area contributed by atoms with Crippen molar-refractivity contribution in [1.29, 1.82) is 10.5 Å². The minimum absolute atomic E-state index is 0.384. The molecule has 1 saturated carbocycles. The van der Waals surface area contributed by atoms with Gasteiger partial charge in [-0.25, -0.2) is 19.9 Å². The van der Waals surface area contributed by atoms with Gasteiger partial charge in [-0.05, 0) is 65.7 Å². The second-order valence-corrected chi connectivity index (χ2v) is 13.3. The van der Waals surface area contributed by atoms with E-state index >= 15 is 0 Å². The SMILES string of the molecule is CC(C)C1=CSC(=C(C#N)c2ccnc(NC3CC3)n2)N1.CC(C)C1=CSC(=C(C#N)c2ccnc(NCCc3cccnc3)n2)N1. The normalized spacial score (nSPS) is 17.3. The van der Waals surface area contributed by atoms with Crippen LogP contribution in [0.25, 0.3) is 11.1 Å².